The third kappa shape index (κ3) is 2.84. The van der Waals surface area contributed by atoms with Gasteiger partial charge in [0.05, 0.1) is 28.0 Å². The number of fused-ring (bicyclic) bond motifs is 2. The number of rotatable bonds is 2. The predicted molar refractivity (Wildman–Crippen MR) is 116 cm³/mol. The maximum Gasteiger partial charge on any atom is 0.150 e. The van der Waals surface area contributed by atoms with Crippen LogP contribution in [0.15, 0.2) is 60.9 Å². The van der Waals surface area contributed by atoms with E-state index in [0.717, 1.165) is 22.0 Å². The zero-order valence-electron chi connectivity index (χ0n) is 15.5. The van der Waals surface area contributed by atoms with Gasteiger partial charge in [-0.15, -0.1) is 0 Å². The number of nitriles is 1. The Labute approximate surface area is 176 Å². The van der Waals surface area contributed by atoms with Gasteiger partial charge in [-0.2, -0.15) is 10.4 Å². The van der Waals surface area contributed by atoms with Gasteiger partial charge in [0.15, 0.2) is 0 Å². The summed E-state index contributed by atoms with van der Waals surface area (Å²) in [5, 5.41) is 20.6. The third-order valence-corrected chi connectivity index (χ3v) is 5.28. The molecular formula is C23H13ClFN5. The molecule has 1 aliphatic heterocycles. The molecule has 30 heavy (non-hydrogen) atoms. The van der Waals surface area contributed by atoms with Crippen LogP contribution in [0.5, 0.6) is 0 Å². The number of hydrogen-bond donors (Lipinski definition) is 2. The summed E-state index contributed by atoms with van der Waals surface area (Å²) in [5.41, 5.74) is 4.28. The summed E-state index contributed by atoms with van der Waals surface area (Å²) < 4.78 is 15.1. The highest BCUT2D eigenvalue weighted by molar-refractivity contribution is 6.35. The van der Waals surface area contributed by atoms with Crippen molar-refractivity contribution in [3.05, 3.63) is 82.9 Å². The van der Waals surface area contributed by atoms with Gasteiger partial charge in [-0.1, -0.05) is 24.2 Å². The monoisotopic (exact) mass is 413 g/mol. The minimum atomic E-state index is -0.616. The average molecular weight is 414 g/mol. The van der Waals surface area contributed by atoms with Crippen LogP contribution < -0.4 is 5.32 Å². The number of halogens is 2. The van der Waals surface area contributed by atoms with Crippen LogP contribution in [0.3, 0.4) is 0 Å². The Morgan fingerprint density at radius 1 is 1.13 bits per heavy atom. The van der Waals surface area contributed by atoms with Crippen LogP contribution in [-0.2, 0) is 0 Å². The van der Waals surface area contributed by atoms with Crippen molar-refractivity contribution in [3.8, 4) is 28.5 Å². The standard InChI is InChI=1S/C23H13ClFN5/c1-12-5-6-13-8-18(15-7-16-11-27-30-21(16)19(24)9-15)22(29-23(13)28-12)17-4-2-3-14(10-26)20(17)25/h2-9,11H,1H2,(H,27,30)(H,28,29). The van der Waals surface area contributed by atoms with Crippen molar-refractivity contribution in [3.63, 3.8) is 0 Å². The fraction of sp³-hybridized carbons (Fsp3) is 0. The number of anilines is 1. The Kier molecular flexibility index (Phi) is 4.12. The molecule has 2 aromatic carbocycles. The molecule has 144 valence electrons. The molecule has 0 radical (unpaired) electrons. The smallest absolute Gasteiger partial charge is 0.150 e. The molecule has 0 unspecified atom stereocenters. The zero-order valence-corrected chi connectivity index (χ0v) is 16.3. The lowest BCUT2D eigenvalue weighted by Gasteiger charge is -2.19. The lowest BCUT2D eigenvalue weighted by Crippen LogP contribution is -2.06. The summed E-state index contributed by atoms with van der Waals surface area (Å²) in [4.78, 5) is 4.70. The average Bonchev–Trinajstić information content (AvgIpc) is 3.22. The maximum absolute atomic E-state index is 15.1. The van der Waals surface area contributed by atoms with Gasteiger partial charge in [0, 0.05) is 27.8 Å². The Morgan fingerprint density at radius 2 is 2.00 bits per heavy atom. The van der Waals surface area contributed by atoms with E-state index < -0.39 is 5.82 Å². The summed E-state index contributed by atoms with van der Waals surface area (Å²) in [6.45, 7) is 3.90. The van der Waals surface area contributed by atoms with Crippen LogP contribution in [0.1, 0.15) is 11.1 Å². The first kappa shape index (κ1) is 18.1. The molecule has 5 rings (SSSR count). The summed E-state index contributed by atoms with van der Waals surface area (Å²) in [7, 11) is 0. The van der Waals surface area contributed by atoms with Crippen molar-refractivity contribution in [2.24, 2.45) is 0 Å². The molecule has 0 saturated heterocycles. The summed E-state index contributed by atoms with van der Waals surface area (Å²) >= 11 is 6.45. The minimum Gasteiger partial charge on any atom is -0.340 e. The molecule has 0 aliphatic carbocycles. The predicted octanol–water partition coefficient (Wildman–Crippen LogP) is 5.91. The van der Waals surface area contributed by atoms with E-state index in [1.54, 1.807) is 24.4 Å². The first-order valence-corrected chi connectivity index (χ1v) is 9.44. The van der Waals surface area contributed by atoms with Gasteiger partial charge >= 0.3 is 0 Å². The molecule has 0 fully saturated rings. The highest BCUT2D eigenvalue weighted by atomic mass is 35.5. The Morgan fingerprint density at radius 3 is 2.83 bits per heavy atom. The minimum absolute atomic E-state index is 0.0430. The fourth-order valence-electron chi connectivity index (χ4n) is 3.54. The molecule has 3 heterocycles. The number of nitrogens with one attached hydrogen (secondary N) is 2. The van der Waals surface area contributed by atoms with E-state index in [0.29, 0.717) is 27.8 Å². The Bertz CT molecular complexity index is 1430. The van der Waals surface area contributed by atoms with E-state index in [-0.39, 0.29) is 11.1 Å². The molecule has 1 aliphatic rings. The summed E-state index contributed by atoms with van der Waals surface area (Å²) in [6.07, 6.45) is 5.42. The molecule has 0 atom stereocenters. The van der Waals surface area contributed by atoms with Crippen molar-refractivity contribution in [2.45, 2.75) is 0 Å². The highest BCUT2D eigenvalue weighted by Crippen LogP contribution is 2.39. The van der Waals surface area contributed by atoms with Gasteiger partial charge in [-0.3, -0.25) is 5.10 Å². The normalized spacial score (nSPS) is 12.5. The number of nitrogens with zero attached hydrogens (tertiary/aromatic N) is 3. The zero-order chi connectivity index (χ0) is 20.8. The Balaban J connectivity index is 1.83. The quantitative estimate of drug-likeness (QED) is 0.428. The van der Waals surface area contributed by atoms with Crippen LogP contribution in [-0.4, -0.2) is 15.2 Å². The van der Waals surface area contributed by atoms with Crippen molar-refractivity contribution in [1.82, 2.24) is 15.2 Å². The van der Waals surface area contributed by atoms with Crippen LogP contribution in [0.4, 0.5) is 10.2 Å². The first-order chi connectivity index (χ1) is 14.5. The molecule has 0 spiro atoms. The van der Waals surface area contributed by atoms with Crippen LogP contribution >= 0.6 is 11.6 Å². The van der Waals surface area contributed by atoms with Crippen molar-refractivity contribution >= 4 is 34.4 Å². The van der Waals surface area contributed by atoms with Gasteiger partial charge in [0.25, 0.3) is 0 Å². The molecule has 5 nitrogen and oxygen atoms in total. The van der Waals surface area contributed by atoms with Gasteiger partial charge in [0.2, 0.25) is 0 Å². The number of aromatic amines is 1. The number of allylic oxidation sites excluding steroid dienone is 1. The molecule has 2 N–H and O–H groups in total. The molecule has 4 aromatic rings. The molecule has 0 bridgehead atoms. The van der Waals surface area contributed by atoms with Crippen LogP contribution in [0.25, 0.3) is 39.4 Å². The molecular weight excluding hydrogens is 401 g/mol. The van der Waals surface area contributed by atoms with E-state index in [1.165, 1.54) is 6.07 Å². The Hall–Kier alpha value is -3.95. The van der Waals surface area contributed by atoms with Gasteiger partial charge < -0.3 is 5.32 Å². The second-order valence-corrected chi connectivity index (χ2v) is 7.28. The number of aromatic nitrogens is 3. The van der Waals surface area contributed by atoms with Crippen LogP contribution in [0, 0.1) is 17.1 Å². The summed E-state index contributed by atoms with van der Waals surface area (Å²) in [5.74, 6) is -0.0483. The number of hydrogen-bond acceptors (Lipinski definition) is 4. The van der Waals surface area contributed by atoms with E-state index in [9.17, 15) is 5.26 Å². The number of H-pyrrole nitrogens is 1. The van der Waals surface area contributed by atoms with Gasteiger partial charge in [-0.05, 0) is 48.0 Å². The van der Waals surface area contributed by atoms with Gasteiger partial charge in [0.1, 0.15) is 17.7 Å². The topological polar surface area (TPSA) is 77.4 Å². The van der Waals surface area contributed by atoms with E-state index in [2.05, 4.69) is 22.1 Å². The second-order valence-electron chi connectivity index (χ2n) is 6.88. The SMILES string of the molecule is C=C1C=Cc2cc(-c3cc(Cl)c4[nH]ncc4c3)c(-c3cccc(C#N)c3F)nc2N1. The van der Waals surface area contributed by atoms with E-state index in [1.807, 2.05) is 30.4 Å². The van der Waals surface area contributed by atoms with E-state index in [4.69, 9.17) is 16.6 Å². The molecule has 2 aromatic heterocycles. The van der Waals surface area contributed by atoms with Crippen molar-refractivity contribution < 1.29 is 4.39 Å². The van der Waals surface area contributed by atoms with Crippen molar-refractivity contribution in [1.29, 1.82) is 5.26 Å². The second kappa shape index (κ2) is 6.83. The largest absolute Gasteiger partial charge is 0.340 e. The fourth-order valence-corrected chi connectivity index (χ4v) is 3.81. The van der Waals surface area contributed by atoms with Crippen molar-refractivity contribution in [2.75, 3.05) is 5.32 Å². The summed E-state index contributed by atoms with van der Waals surface area (Å²) in [6, 6.07) is 12.2. The van der Waals surface area contributed by atoms with E-state index >= 15 is 4.39 Å². The molecule has 7 heteroatoms. The number of benzene rings is 2. The lowest BCUT2D eigenvalue weighted by atomic mass is 9.95. The molecule has 0 saturated carbocycles. The highest BCUT2D eigenvalue weighted by Gasteiger charge is 2.20. The molecule has 0 amide bonds. The lowest BCUT2D eigenvalue weighted by molar-refractivity contribution is 0.627. The van der Waals surface area contributed by atoms with Crippen LogP contribution in [0.2, 0.25) is 5.02 Å². The third-order valence-electron chi connectivity index (χ3n) is 4.98. The number of pyridine rings is 1. The van der Waals surface area contributed by atoms with Gasteiger partial charge in [-0.25, -0.2) is 9.37 Å². The first-order valence-electron chi connectivity index (χ1n) is 9.06. The maximum atomic E-state index is 15.1.